The van der Waals surface area contributed by atoms with E-state index in [2.05, 4.69) is 30.7 Å². The van der Waals surface area contributed by atoms with Gasteiger partial charge in [0.15, 0.2) is 0 Å². The monoisotopic (exact) mass is 1340 g/mol. The fraction of sp³-hybridized carbons (Fsp3) is 0.862. The number of primary amides is 3. The molecule has 0 saturated carbocycles. The number of aliphatic hydroxyl groups is 2. The zero-order valence-corrected chi connectivity index (χ0v) is 60.8. The molecule has 0 aliphatic carbocycles. The number of thioether (sulfide) groups is 2. The highest BCUT2D eigenvalue weighted by Crippen LogP contribution is 2.19. The van der Waals surface area contributed by atoms with Gasteiger partial charge >= 0.3 is 38.8 Å². The number of urea groups is 2. The molecule has 0 spiro atoms. The molecule has 7 amide bonds. The SMILES string of the molecule is CCC(C)(CO)C(N)=O.CCC(C)C(=O)OCCNC(=O)NCCSC.CCC(C)C(=O)OCCNC(=O)NCCSC.CCC(C)C(=O)OCCO.CCC(C)C(N)=O.CCC(C)C(N)=O.CCO[Si](CCCNS(=O)(=O)C(C)CC)(OCC)OCC. The van der Waals surface area contributed by atoms with Crippen LogP contribution >= 0.6 is 23.5 Å². The summed E-state index contributed by atoms with van der Waals surface area (Å²) >= 11 is 3.34. The average Bonchev–Trinajstić information content (AvgIpc) is 3.56. The van der Waals surface area contributed by atoms with E-state index >= 15 is 0 Å². The number of hydrogen-bond acceptors (Lipinski definition) is 20. The number of sulfonamides is 1. The van der Waals surface area contributed by atoms with Crippen molar-refractivity contribution in [3.05, 3.63) is 0 Å². The topological polar surface area (TPSA) is 405 Å². The molecule has 88 heavy (non-hydrogen) atoms. The lowest BCUT2D eigenvalue weighted by Gasteiger charge is -2.28. The number of carbonyl (C=O) groups excluding carboxylic acids is 8. The summed E-state index contributed by atoms with van der Waals surface area (Å²) in [6, 6.07) is 0.170. The minimum atomic E-state index is -3.22. The van der Waals surface area contributed by atoms with Gasteiger partial charge in [-0.2, -0.15) is 23.5 Å². The van der Waals surface area contributed by atoms with Crippen molar-refractivity contribution in [3.63, 3.8) is 0 Å². The summed E-state index contributed by atoms with van der Waals surface area (Å²) < 4.78 is 58.2. The Balaban J connectivity index is -0.000000180. The average molecular weight is 1350 g/mol. The van der Waals surface area contributed by atoms with Crippen molar-refractivity contribution in [2.45, 2.75) is 180 Å². The molecule has 0 saturated heterocycles. The van der Waals surface area contributed by atoms with E-state index in [1.165, 1.54) is 0 Å². The van der Waals surface area contributed by atoms with Crippen LogP contribution in [-0.2, 0) is 66.3 Å². The van der Waals surface area contributed by atoms with Gasteiger partial charge in [-0.25, -0.2) is 22.7 Å². The summed E-state index contributed by atoms with van der Waals surface area (Å²) in [6.07, 6.45) is 9.78. The van der Waals surface area contributed by atoms with Gasteiger partial charge in [0.2, 0.25) is 27.7 Å². The molecule has 7 unspecified atom stereocenters. The van der Waals surface area contributed by atoms with Gasteiger partial charge in [0.1, 0.15) is 19.8 Å². The molecule has 13 N–H and O–H groups in total. The first-order valence-electron chi connectivity index (χ1n) is 30.8. The molecule has 0 aromatic rings. The van der Waals surface area contributed by atoms with Crippen molar-refractivity contribution in [1.82, 2.24) is 26.0 Å². The molecule has 0 rings (SSSR count). The first-order valence-corrected chi connectivity index (χ1v) is 37.0. The maximum Gasteiger partial charge on any atom is 0.500 e. The molecule has 0 bridgehead atoms. The molecule has 0 aromatic carbocycles. The van der Waals surface area contributed by atoms with Gasteiger partial charge in [-0.1, -0.05) is 83.1 Å². The van der Waals surface area contributed by atoms with E-state index in [9.17, 15) is 46.8 Å². The van der Waals surface area contributed by atoms with Gasteiger partial charge < -0.3 is 76.2 Å². The Morgan fingerprint density at radius 2 is 0.841 bits per heavy atom. The smallest absolute Gasteiger partial charge is 0.464 e. The van der Waals surface area contributed by atoms with Crippen LogP contribution in [0.2, 0.25) is 6.04 Å². The lowest BCUT2D eigenvalue weighted by Crippen LogP contribution is -2.46. The number of rotatable bonds is 40. The summed E-state index contributed by atoms with van der Waals surface area (Å²) in [5.41, 5.74) is 14.1. The first-order chi connectivity index (χ1) is 41.2. The number of nitrogens with two attached hydrogens (primary N) is 3. The van der Waals surface area contributed by atoms with Crippen LogP contribution in [0.4, 0.5) is 9.59 Å². The lowest BCUT2D eigenvalue weighted by atomic mass is 9.88. The molecule has 0 aliphatic heterocycles. The molecule has 0 fully saturated rings. The number of carbonyl (C=O) groups is 8. The second kappa shape index (κ2) is 64.5. The Kier molecular flexibility index (Phi) is 71.5. The number of esters is 3. The number of nitrogens with one attached hydrogen (secondary N) is 5. The lowest BCUT2D eigenvalue weighted by molar-refractivity contribution is -0.149. The van der Waals surface area contributed by atoms with Gasteiger partial charge in [-0.3, -0.25) is 28.8 Å². The summed E-state index contributed by atoms with van der Waals surface area (Å²) in [4.78, 5) is 86.6. The quantitative estimate of drug-likeness (QED) is 0.0143. The normalized spacial score (nSPS) is 13.2. The van der Waals surface area contributed by atoms with Crippen LogP contribution < -0.4 is 43.2 Å². The van der Waals surface area contributed by atoms with Gasteiger partial charge in [0.05, 0.1) is 54.7 Å². The van der Waals surface area contributed by atoms with E-state index in [4.69, 9.17) is 50.2 Å². The Hall–Kier alpha value is -4.01. The van der Waals surface area contributed by atoms with Gasteiger partial charge in [-0.15, -0.1) is 0 Å². The van der Waals surface area contributed by atoms with E-state index < -0.39 is 30.1 Å². The number of amides is 7. The predicted octanol–water partition coefficient (Wildman–Crippen LogP) is 6.10. The zero-order valence-electron chi connectivity index (χ0n) is 57.3. The van der Waals surface area contributed by atoms with Crippen LogP contribution in [0.15, 0.2) is 0 Å². The van der Waals surface area contributed by atoms with Crippen molar-refractivity contribution >= 4 is 90.0 Å². The molecule has 0 aromatic heterocycles. The van der Waals surface area contributed by atoms with E-state index in [-0.39, 0.29) is 110 Å². The van der Waals surface area contributed by atoms with E-state index in [0.29, 0.717) is 77.9 Å². The molecule has 0 aliphatic rings. The molecule has 26 nitrogen and oxygen atoms in total. The molecular weight excluding hydrogens is 1220 g/mol. The third kappa shape index (κ3) is 59.6. The maximum absolute atomic E-state index is 11.9. The van der Waals surface area contributed by atoms with E-state index in [0.717, 1.165) is 43.6 Å². The summed E-state index contributed by atoms with van der Waals surface area (Å²) in [6.45, 7) is 35.8. The zero-order chi connectivity index (χ0) is 69.7. The van der Waals surface area contributed by atoms with Crippen LogP contribution in [0.3, 0.4) is 0 Å². The fourth-order valence-electron chi connectivity index (χ4n) is 5.01. The second-order valence-corrected chi connectivity index (χ2v) is 27.0. The number of hydrogen-bond donors (Lipinski definition) is 10. The summed E-state index contributed by atoms with van der Waals surface area (Å²) in [5.74, 6) is 0.151. The van der Waals surface area contributed by atoms with Gasteiger partial charge in [0, 0.05) is 68.8 Å². The Morgan fingerprint density at radius 3 is 1.07 bits per heavy atom. The van der Waals surface area contributed by atoms with Crippen LogP contribution in [0, 0.1) is 35.0 Å². The summed E-state index contributed by atoms with van der Waals surface area (Å²) in [5, 5.41) is 27.2. The van der Waals surface area contributed by atoms with Crippen molar-refractivity contribution in [2.24, 2.45) is 52.2 Å². The van der Waals surface area contributed by atoms with Crippen molar-refractivity contribution < 1.29 is 84.5 Å². The maximum atomic E-state index is 11.9. The Bertz CT molecular complexity index is 1800. The molecule has 7 atom stereocenters. The standard InChI is InChI=1S/C13H31NO5SSi.2C11H22N2O3S.C7H14O3.C6H13NO2.2C5H11NO/c1-6-13(5)20(15,16)14-11-10-12-21(17-7-2,18-8-3)19-9-4;2*1-4-9(2)10(14)16-7-5-12-11(15)13-6-8-17-3;1-3-6(2)7(9)10-5-4-8;1-3-6(2,4-8)5(7)9;2*1-3-4(2)5(6)7/h13-14H,6-12H2,1-5H3;2*9H,4-8H2,1-3H3,(H2,12,13,15);6,8H,3-5H2,1-2H3;8H,3-4H2,1-2H3,(H2,7,9);2*4H,3H2,1-2H3,(H2,6,7). The fourth-order valence-corrected chi connectivity index (χ4v) is 9.39. The number of ether oxygens (including phenoxy) is 3. The Morgan fingerprint density at radius 1 is 0.511 bits per heavy atom. The highest BCUT2D eigenvalue weighted by Gasteiger charge is 2.39. The molecule has 526 valence electrons. The highest BCUT2D eigenvalue weighted by atomic mass is 32.2. The van der Waals surface area contributed by atoms with Crippen molar-refractivity contribution in [2.75, 3.05) is 110 Å². The van der Waals surface area contributed by atoms with Crippen LogP contribution in [-0.4, -0.2) is 190 Å². The van der Waals surface area contributed by atoms with E-state index in [1.54, 1.807) is 44.3 Å². The minimum absolute atomic E-state index is 0.0417. The minimum Gasteiger partial charge on any atom is -0.464 e. The molecule has 0 heterocycles. The van der Waals surface area contributed by atoms with Gasteiger partial charge in [0.25, 0.3) is 0 Å². The second-order valence-electron chi connectivity index (χ2n) is 20.1. The third-order valence-electron chi connectivity index (χ3n) is 12.9. The first kappa shape index (κ1) is 97.6. The van der Waals surface area contributed by atoms with Crippen LogP contribution in [0.5, 0.6) is 0 Å². The van der Waals surface area contributed by atoms with Gasteiger partial charge in [-0.05, 0) is 98.5 Å². The number of aliphatic hydroxyl groups excluding tert-OH is 2. The van der Waals surface area contributed by atoms with Crippen molar-refractivity contribution in [1.29, 1.82) is 0 Å². The molecule has 0 radical (unpaired) electrons. The summed E-state index contributed by atoms with van der Waals surface area (Å²) in [7, 11) is -5.88. The molecule has 30 heteroatoms. The van der Waals surface area contributed by atoms with Crippen LogP contribution in [0.1, 0.15) is 169 Å². The predicted molar refractivity (Wildman–Crippen MR) is 357 cm³/mol. The highest BCUT2D eigenvalue weighted by molar-refractivity contribution is 7.98. The van der Waals surface area contributed by atoms with Crippen LogP contribution in [0.25, 0.3) is 0 Å². The van der Waals surface area contributed by atoms with Crippen molar-refractivity contribution in [3.8, 4) is 0 Å². The van der Waals surface area contributed by atoms with E-state index in [1.807, 2.05) is 109 Å². The third-order valence-corrected chi connectivity index (χ3v) is 19.3. The Labute approximate surface area is 540 Å². The molecular formula is C58H124N8O18S3Si. The largest absolute Gasteiger partial charge is 0.500 e.